The Kier molecular flexibility index (Phi) is 3.44. The van der Waals surface area contributed by atoms with Gasteiger partial charge < -0.3 is 9.47 Å². The Morgan fingerprint density at radius 3 is 2.31 bits per heavy atom. The third-order valence-electron chi connectivity index (χ3n) is 2.48. The minimum Gasteiger partial charge on any atom is -0.496 e. The molecule has 16 heavy (non-hydrogen) atoms. The second kappa shape index (κ2) is 4.44. The number of rotatable bonds is 3. The lowest BCUT2D eigenvalue weighted by Crippen LogP contribution is -2.17. The van der Waals surface area contributed by atoms with Crippen LogP contribution in [0.25, 0.3) is 0 Å². The highest BCUT2D eigenvalue weighted by atomic mass is 19.1. The highest BCUT2D eigenvalue weighted by molar-refractivity contribution is 5.53. The van der Waals surface area contributed by atoms with E-state index in [1.165, 1.54) is 20.3 Å². The Labute approximate surface area is 95.4 Å². The molecule has 0 bridgehead atoms. The molecule has 1 rings (SSSR count). The molecule has 0 saturated carbocycles. The van der Waals surface area contributed by atoms with Crippen LogP contribution in [0.2, 0.25) is 0 Å². The molecular weight excluding hydrogens is 207 g/mol. The van der Waals surface area contributed by atoms with Gasteiger partial charge in [-0.2, -0.15) is 0 Å². The summed E-state index contributed by atoms with van der Waals surface area (Å²) < 4.78 is 23.8. The van der Waals surface area contributed by atoms with Crippen LogP contribution in [0, 0.1) is 18.2 Å². The van der Waals surface area contributed by atoms with Crippen LogP contribution in [0.3, 0.4) is 0 Å². The van der Waals surface area contributed by atoms with Crippen molar-refractivity contribution in [2.75, 3.05) is 14.2 Å². The third-order valence-corrected chi connectivity index (χ3v) is 2.48. The van der Waals surface area contributed by atoms with E-state index in [4.69, 9.17) is 15.9 Å². The largest absolute Gasteiger partial charge is 0.496 e. The first-order valence-corrected chi connectivity index (χ1v) is 4.86. The molecule has 0 aliphatic carbocycles. The van der Waals surface area contributed by atoms with E-state index in [-0.39, 0.29) is 5.75 Å². The fraction of sp³-hybridized carbons (Fsp3) is 0.385. The fourth-order valence-electron chi connectivity index (χ4n) is 1.57. The Morgan fingerprint density at radius 1 is 1.25 bits per heavy atom. The molecule has 2 nitrogen and oxygen atoms in total. The van der Waals surface area contributed by atoms with Gasteiger partial charge in [0.25, 0.3) is 0 Å². The van der Waals surface area contributed by atoms with Gasteiger partial charge in [-0.1, -0.05) is 5.92 Å². The topological polar surface area (TPSA) is 18.5 Å². The molecule has 3 heteroatoms. The number of ether oxygens (including phenoxy) is 2. The van der Waals surface area contributed by atoms with Crippen molar-refractivity contribution in [2.45, 2.75) is 19.3 Å². The summed E-state index contributed by atoms with van der Waals surface area (Å²) in [5.74, 6) is 2.83. The number of methoxy groups -OCH3 is 2. The summed E-state index contributed by atoms with van der Waals surface area (Å²) in [6, 6.07) is 2.85. The van der Waals surface area contributed by atoms with Crippen molar-refractivity contribution in [3.63, 3.8) is 0 Å². The molecule has 0 spiro atoms. The maximum atomic E-state index is 13.6. The Bertz CT molecular complexity index is 430. The first-order chi connectivity index (χ1) is 7.47. The maximum absolute atomic E-state index is 13.6. The molecule has 0 heterocycles. The van der Waals surface area contributed by atoms with Gasteiger partial charge in [-0.15, -0.1) is 6.42 Å². The monoisotopic (exact) mass is 222 g/mol. The Morgan fingerprint density at radius 2 is 1.88 bits per heavy atom. The summed E-state index contributed by atoms with van der Waals surface area (Å²) in [5.41, 5.74) is -0.0984. The van der Waals surface area contributed by atoms with Gasteiger partial charge in [0.2, 0.25) is 0 Å². The first-order valence-electron chi connectivity index (χ1n) is 4.86. The van der Waals surface area contributed by atoms with Crippen molar-refractivity contribution >= 4 is 0 Å². The van der Waals surface area contributed by atoms with Crippen LogP contribution in [0.5, 0.6) is 11.5 Å². The predicted octanol–water partition coefficient (Wildman–Crippen LogP) is 2.75. The Hall–Kier alpha value is -1.69. The van der Waals surface area contributed by atoms with Gasteiger partial charge in [-0.05, 0) is 26.0 Å². The van der Waals surface area contributed by atoms with Crippen molar-refractivity contribution in [1.82, 2.24) is 0 Å². The number of hydrogen-bond donors (Lipinski definition) is 0. The molecule has 0 unspecified atom stereocenters. The van der Waals surface area contributed by atoms with E-state index in [0.29, 0.717) is 11.3 Å². The van der Waals surface area contributed by atoms with Crippen LogP contribution < -0.4 is 9.47 Å². The summed E-state index contributed by atoms with van der Waals surface area (Å²) in [7, 11) is 2.93. The number of hydrogen-bond acceptors (Lipinski definition) is 2. The summed E-state index contributed by atoms with van der Waals surface area (Å²) in [6.07, 6.45) is 5.45. The van der Waals surface area contributed by atoms with E-state index in [9.17, 15) is 4.39 Å². The van der Waals surface area contributed by atoms with E-state index >= 15 is 0 Å². The van der Waals surface area contributed by atoms with Crippen LogP contribution in [0.15, 0.2) is 12.1 Å². The third kappa shape index (κ3) is 1.96. The summed E-state index contributed by atoms with van der Waals surface area (Å²) in [4.78, 5) is 0. The van der Waals surface area contributed by atoms with Crippen LogP contribution in [-0.2, 0) is 5.41 Å². The Balaban J connectivity index is 3.56. The second-order valence-electron chi connectivity index (χ2n) is 3.93. The van der Waals surface area contributed by atoms with E-state index < -0.39 is 11.2 Å². The van der Waals surface area contributed by atoms with Crippen molar-refractivity contribution < 1.29 is 13.9 Å². The van der Waals surface area contributed by atoms with Crippen molar-refractivity contribution in [3.8, 4) is 23.8 Å². The van der Waals surface area contributed by atoms with E-state index in [1.54, 1.807) is 6.07 Å². The molecule has 0 N–H and O–H groups in total. The zero-order chi connectivity index (χ0) is 12.3. The second-order valence-corrected chi connectivity index (χ2v) is 3.93. The normalized spacial score (nSPS) is 10.8. The standard InChI is InChI=1S/C13H15FO2/c1-6-13(2,3)11-10(15-4)8-7-9(14)12(11)16-5/h1,7-8H,2-5H3. The van der Waals surface area contributed by atoms with Gasteiger partial charge in [0.15, 0.2) is 11.6 Å². The highest BCUT2D eigenvalue weighted by Gasteiger charge is 2.28. The molecule has 0 saturated heterocycles. The molecule has 0 amide bonds. The first kappa shape index (κ1) is 12.4. The molecule has 0 radical (unpaired) electrons. The van der Waals surface area contributed by atoms with E-state index in [1.807, 2.05) is 13.8 Å². The molecule has 1 aromatic carbocycles. The average Bonchev–Trinajstić information content (AvgIpc) is 2.28. The fourth-order valence-corrected chi connectivity index (χ4v) is 1.57. The molecule has 0 aromatic heterocycles. The zero-order valence-corrected chi connectivity index (χ0v) is 9.93. The minimum absolute atomic E-state index is 0.141. The van der Waals surface area contributed by atoms with Crippen molar-refractivity contribution in [3.05, 3.63) is 23.5 Å². The number of halogens is 1. The molecule has 1 aromatic rings. The summed E-state index contributed by atoms with van der Waals surface area (Å²) in [6.45, 7) is 3.62. The maximum Gasteiger partial charge on any atom is 0.165 e. The highest BCUT2D eigenvalue weighted by Crippen LogP contribution is 2.40. The van der Waals surface area contributed by atoms with Crippen molar-refractivity contribution in [1.29, 1.82) is 0 Å². The summed E-state index contributed by atoms with van der Waals surface area (Å²) >= 11 is 0. The molecule has 0 fully saturated rings. The van der Waals surface area contributed by atoms with Crippen LogP contribution in [0.4, 0.5) is 4.39 Å². The smallest absolute Gasteiger partial charge is 0.165 e. The molecule has 86 valence electrons. The van der Waals surface area contributed by atoms with Crippen LogP contribution in [-0.4, -0.2) is 14.2 Å². The van der Waals surface area contributed by atoms with E-state index in [2.05, 4.69) is 5.92 Å². The lowest BCUT2D eigenvalue weighted by atomic mass is 9.84. The SMILES string of the molecule is C#CC(C)(C)c1c(OC)ccc(F)c1OC. The van der Waals surface area contributed by atoms with E-state index in [0.717, 1.165) is 0 Å². The molecule has 0 aliphatic heterocycles. The van der Waals surface area contributed by atoms with Gasteiger partial charge in [-0.3, -0.25) is 0 Å². The van der Waals surface area contributed by atoms with Gasteiger partial charge in [-0.25, -0.2) is 4.39 Å². The molecule has 0 atom stereocenters. The van der Waals surface area contributed by atoms with Gasteiger partial charge >= 0.3 is 0 Å². The number of terminal acetylenes is 1. The predicted molar refractivity (Wildman–Crippen MR) is 61.4 cm³/mol. The van der Waals surface area contributed by atoms with Crippen LogP contribution in [0.1, 0.15) is 19.4 Å². The quantitative estimate of drug-likeness (QED) is 0.732. The molecule has 0 aliphatic rings. The average molecular weight is 222 g/mol. The minimum atomic E-state index is -0.654. The summed E-state index contributed by atoms with van der Waals surface area (Å²) in [5, 5.41) is 0. The van der Waals surface area contributed by atoms with Gasteiger partial charge in [0.05, 0.1) is 25.2 Å². The molecular formula is C13H15FO2. The lowest BCUT2D eigenvalue weighted by molar-refractivity contribution is 0.356. The zero-order valence-electron chi connectivity index (χ0n) is 9.93. The van der Waals surface area contributed by atoms with Gasteiger partial charge in [0.1, 0.15) is 5.75 Å². The lowest BCUT2D eigenvalue weighted by Gasteiger charge is -2.23. The number of benzene rings is 1. The van der Waals surface area contributed by atoms with Gasteiger partial charge in [0, 0.05) is 0 Å². The van der Waals surface area contributed by atoms with Crippen LogP contribution >= 0.6 is 0 Å². The van der Waals surface area contributed by atoms with Crippen molar-refractivity contribution in [2.24, 2.45) is 0 Å².